The summed E-state index contributed by atoms with van der Waals surface area (Å²) < 4.78 is 1.40. The number of hydrogen-bond acceptors (Lipinski definition) is 1. The van der Waals surface area contributed by atoms with Gasteiger partial charge in [-0.2, -0.15) is 0 Å². The number of carbonyl (C=O) groups is 1. The van der Waals surface area contributed by atoms with Crippen molar-refractivity contribution in [2.75, 3.05) is 0 Å². The molecule has 0 heterocycles. The lowest BCUT2D eigenvalue weighted by molar-refractivity contribution is -0.124. The Kier molecular flexibility index (Phi) is 5.88. The number of Topliss-reactive ketones (excluding diaryl/α,β-unsaturated/α-hetero) is 1. The fraction of sp³-hybridized carbons (Fsp3) is 0.812. The highest BCUT2D eigenvalue weighted by molar-refractivity contribution is 14.1. The number of carbonyl (C=O) groups excluding carboxylic acids is 1. The number of allylic oxidation sites excluding steroid dienone is 2. The summed E-state index contributed by atoms with van der Waals surface area (Å²) in [7, 11) is 0. The molecule has 0 spiro atoms. The smallest absolute Gasteiger partial charge is 0.139 e. The normalized spacial score (nSPS) is 27.8. The predicted molar refractivity (Wildman–Crippen MR) is 87.0 cm³/mol. The molecule has 18 heavy (non-hydrogen) atoms. The zero-order valence-corrected chi connectivity index (χ0v) is 14.5. The molecule has 104 valence electrons. The van der Waals surface area contributed by atoms with Crippen molar-refractivity contribution in [3.05, 3.63) is 9.66 Å². The van der Waals surface area contributed by atoms with E-state index in [1.165, 1.54) is 35.7 Å². The van der Waals surface area contributed by atoms with Gasteiger partial charge in [0.15, 0.2) is 0 Å². The molecular weight excluding hydrogens is 335 g/mol. The maximum atomic E-state index is 12.0. The minimum absolute atomic E-state index is 0.103. The molecule has 0 aromatic heterocycles. The van der Waals surface area contributed by atoms with E-state index in [-0.39, 0.29) is 10.8 Å². The third-order valence-corrected chi connectivity index (χ3v) is 5.84. The van der Waals surface area contributed by atoms with Gasteiger partial charge in [0.1, 0.15) is 5.78 Å². The third kappa shape index (κ3) is 4.07. The number of rotatable bonds is 6. The standard InChI is InChI=1S/C16H27IO/c1-5-6-7-8-9-10-13(17)16(4)11-14(18)15(2,3)12-16/h10H,5-9,11-12H2,1-4H3/b13-10+/t16-/m0/s1. The fourth-order valence-corrected chi connectivity index (χ4v) is 3.64. The summed E-state index contributed by atoms with van der Waals surface area (Å²) in [6.45, 7) is 8.67. The second-order valence-corrected chi connectivity index (χ2v) is 7.78. The molecule has 0 amide bonds. The average Bonchev–Trinajstić information content (AvgIpc) is 2.48. The minimum Gasteiger partial charge on any atom is -0.299 e. The maximum absolute atomic E-state index is 12.0. The van der Waals surface area contributed by atoms with Crippen molar-refractivity contribution in [3.63, 3.8) is 0 Å². The molecule has 1 rings (SSSR count). The zero-order valence-electron chi connectivity index (χ0n) is 12.3. The quantitative estimate of drug-likeness (QED) is 0.439. The van der Waals surface area contributed by atoms with Crippen LogP contribution in [0.1, 0.15) is 72.6 Å². The van der Waals surface area contributed by atoms with Crippen LogP contribution in [-0.2, 0) is 4.79 Å². The van der Waals surface area contributed by atoms with Gasteiger partial charge in [-0.15, -0.1) is 0 Å². The molecular formula is C16H27IO. The van der Waals surface area contributed by atoms with Gasteiger partial charge in [0.2, 0.25) is 0 Å². The maximum Gasteiger partial charge on any atom is 0.139 e. The van der Waals surface area contributed by atoms with Crippen molar-refractivity contribution in [1.82, 2.24) is 0 Å². The third-order valence-electron chi connectivity index (χ3n) is 4.10. The number of hydrogen-bond donors (Lipinski definition) is 0. The molecule has 1 aliphatic rings. The average molecular weight is 362 g/mol. The van der Waals surface area contributed by atoms with Gasteiger partial charge >= 0.3 is 0 Å². The highest BCUT2D eigenvalue weighted by Crippen LogP contribution is 2.52. The molecule has 0 unspecified atom stereocenters. The molecule has 0 saturated heterocycles. The first kappa shape index (κ1) is 16.2. The van der Waals surface area contributed by atoms with E-state index in [0.29, 0.717) is 5.78 Å². The van der Waals surface area contributed by atoms with Crippen LogP contribution in [0.25, 0.3) is 0 Å². The molecule has 0 aromatic rings. The zero-order chi connectivity index (χ0) is 13.8. The van der Waals surface area contributed by atoms with Crippen molar-refractivity contribution >= 4 is 28.4 Å². The number of halogens is 1. The Balaban J connectivity index is 2.53. The van der Waals surface area contributed by atoms with Crippen LogP contribution in [0.15, 0.2) is 9.66 Å². The largest absolute Gasteiger partial charge is 0.299 e. The molecule has 0 radical (unpaired) electrons. The Bertz CT molecular complexity index is 330. The highest BCUT2D eigenvalue weighted by atomic mass is 127. The van der Waals surface area contributed by atoms with Gasteiger partial charge in [-0.3, -0.25) is 4.79 Å². The Morgan fingerprint density at radius 2 is 1.94 bits per heavy atom. The van der Waals surface area contributed by atoms with E-state index in [0.717, 1.165) is 12.8 Å². The van der Waals surface area contributed by atoms with Crippen LogP contribution < -0.4 is 0 Å². The van der Waals surface area contributed by atoms with Gasteiger partial charge in [0.05, 0.1) is 0 Å². The van der Waals surface area contributed by atoms with E-state index in [1.807, 2.05) is 0 Å². The lowest BCUT2D eigenvalue weighted by Gasteiger charge is -2.25. The summed E-state index contributed by atoms with van der Waals surface area (Å²) in [5.74, 6) is 0.429. The minimum atomic E-state index is -0.124. The highest BCUT2D eigenvalue weighted by Gasteiger charge is 2.47. The van der Waals surface area contributed by atoms with Crippen molar-refractivity contribution < 1.29 is 4.79 Å². The summed E-state index contributed by atoms with van der Waals surface area (Å²) in [5.41, 5.74) is -0.0207. The summed E-state index contributed by atoms with van der Waals surface area (Å²) in [5, 5.41) is 0. The Morgan fingerprint density at radius 1 is 1.28 bits per heavy atom. The van der Waals surface area contributed by atoms with Crippen molar-refractivity contribution in [2.45, 2.75) is 72.6 Å². The van der Waals surface area contributed by atoms with Gasteiger partial charge in [-0.25, -0.2) is 0 Å². The van der Waals surface area contributed by atoms with Crippen molar-refractivity contribution in [3.8, 4) is 0 Å². The molecule has 0 N–H and O–H groups in total. The second-order valence-electron chi connectivity index (χ2n) is 6.62. The SMILES string of the molecule is CCCCCC/C=C(/I)[C@@]1(C)CC(=O)C(C)(C)C1. The number of unbranched alkanes of at least 4 members (excludes halogenated alkanes) is 4. The molecule has 1 fully saturated rings. The van der Waals surface area contributed by atoms with E-state index in [1.54, 1.807) is 0 Å². The van der Waals surface area contributed by atoms with Crippen LogP contribution in [0, 0.1) is 10.8 Å². The van der Waals surface area contributed by atoms with E-state index in [2.05, 4.69) is 56.4 Å². The summed E-state index contributed by atoms with van der Waals surface area (Å²) >= 11 is 2.46. The topological polar surface area (TPSA) is 17.1 Å². The predicted octanol–water partition coefficient (Wildman–Crippen LogP) is 5.67. The van der Waals surface area contributed by atoms with E-state index < -0.39 is 0 Å². The van der Waals surface area contributed by atoms with Crippen LogP contribution in [0.5, 0.6) is 0 Å². The first-order valence-electron chi connectivity index (χ1n) is 7.21. The monoisotopic (exact) mass is 362 g/mol. The fourth-order valence-electron chi connectivity index (χ4n) is 2.95. The summed E-state index contributed by atoms with van der Waals surface area (Å²) in [6.07, 6.45) is 10.5. The Hall–Kier alpha value is 0.140. The van der Waals surface area contributed by atoms with Gasteiger partial charge < -0.3 is 0 Å². The summed E-state index contributed by atoms with van der Waals surface area (Å²) in [6, 6.07) is 0. The Labute approximate surface area is 126 Å². The summed E-state index contributed by atoms with van der Waals surface area (Å²) in [4.78, 5) is 12.0. The first-order valence-corrected chi connectivity index (χ1v) is 8.29. The molecule has 2 heteroatoms. The van der Waals surface area contributed by atoms with Crippen molar-refractivity contribution in [2.24, 2.45) is 10.8 Å². The molecule has 0 aliphatic heterocycles. The van der Waals surface area contributed by atoms with Crippen LogP contribution in [0.2, 0.25) is 0 Å². The molecule has 1 saturated carbocycles. The Morgan fingerprint density at radius 3 is 2.44 bits per heavy atom. The molecule has 1 nitrogen and oxygen atoms in total. The lowest BCUT2D eigenvalue weighted by Crippen LogP contribution is -2.17. The van der Waals surface area contributed by atoms with Crippen molar-refractivity contribution in [1.29, 1.82) is 0 Å². The first-order chi connectivity index (χ1) is 8.32. The van der Waals surface area contributed by atoms with Crippen LogP contribution in [-0.4, -0.2) is 5.78 Å². The van der Waals surface area contributed by atoms with Gasteiger partial charge in [0.25, 0.3) is 0 Å². The molecule has 0 aromatic carbocycles. The molecule has 1 atom stereocenters. The van der Waals surface area contributed by atoms with E-state index in [9.17, 15) is 4.79 Å². The molecule has 0 bridgehead atoms. The van der Waals surface area contributed by atoms with Crippen LogP contribution >= 0.6 is 22.6 Å². The van der Waals surface area contributed by atoms with Gasteiger partial charge in [-0.05, 0) is 45.4 Å². The van der Waals surface area contributed by atoms with E-state index in [4.69, 9.17) is 0 Å². The lowest BCUT2D eigenvalue weighted by atomic mass is 9.82. The molecule has 1 aliphatic carbocycles. The van der Waals surface area contributed by atoms with Crippen LogP contribution in [0.4, 0.5) is 0 Å². The van der Waals surface area contributed by atoms with E-state index >= 15 is 0 Å². The van der Waals surface area contributed by atoms with Gasteiger partial charge in [-0.1, -0.05) is 53.0 Å². The van der Waals surface area contributed by atoms with Crippen LogP contribution in [0.3, 0.4) is 0 Å². The second kappa shape index (κ2) is 6.53. The number of ketones is 1. The van der Waals surface area contributed by atoms with Gasteiger partial charge in [0, 0.05) is 17.3 Å².